The van der Waals surface area contributed by atoms with E-state index in [4.69, 9.17) is 14.2 Å². The molecule has 4 heteroatoms. The van der Waals surface area contributed by atoms with E-state index in [0.29, 0.717) is 19.8 Å². The highest BCUT2D eigenvalue weighted by Gasteiger charge is 2.18. The summed E-state index contributed by atoms with van der Waals surface area (Å²) in [5.41, 5.74) is 3.06. The number of pyridine rings is 1. The van der Waals surface area contributed by atoms with Crippen LogP contribution in [0.25, 0.3) is 0 Å². The van der Waals surface area contributed by atoms with E-state index in [-0.39, 0.29) is 6.29 Å². The number of hydrogen-bond acceptors (Lipinski definition) is 4. The number of rotatable bonds is 4. The molecule has 3 rings (SSSR count). The van der Waals surface area contributed by atoms with E-state index in [9.17, 15) is 0 Å². The van der Waals surface area contributed by atoms with Crippen LogP contribution in [0.2, 0.25) is 0 Å². The van der Waals surface area contributed by atoms with E-state index in [1.807, 2.05) is 43.3 Å². The van der Waals surface area contributed by atoms with Crippen LogP contribution in [0.15, 0.2) is 42.6 Å². The van der Waals surface area contributed by atoms with Gasteiger partial charge in [0, 0.05) is 11.8 Å². The van der Waals surface area contributed by atoms with Gasteiger partial charge in [0.2, 0.25) is 0 Å². The molecule has 1 fully saturated rings. The van der Waals surface area contributed by atoms with Crippen molar-refractivity contribution in [2.24, 2.45) is 0 Å². The summed E-state index contributed by atoms with van der Waals surface area (Å²) in [6, 6.07) is 11.8. The van der Waals surface area contributed by atoms with Crippen LogP contribution in [0.4, 0.5) is 0 Å². The number of benzene rings is 1. The molecule has 0 atom stereocenters. The van der Waals surface area contributed by atoms with Crippen LogP contribution < -0.4 is 4.74 Å². The SMILES string of the molecule is Cc1cccnc1COc1cccc(C2OCCO2)c1. The summed E-state index contributed by atoms with van der Waals surface area (Å²) in [5, 5.41) is 0. The Morgan fingerprint density at radius 1 is 1.20 bits per heavy atom. The summed E-state index contributed by atoms with van der Waals surface area (Å²) in [6.07, 6.45) is 1.51. The Bertz CT molecular complexity index is 579. The minimum atomic E-state index is -0.268. The van der Waals surface area contributed by atoms with Crippen molar-refractivity contribution in [3.8, 4) is 5.75 Å². The van der Waals surface area contributed by atoms with E-state index in [1.54, 1.807) is 6.20 Å². The highest BCUT2D eigenvalue weighted by Crippen LogP contribution is 2.26. The maximum absolute atomic E-state index is 5.80. The molecule has 0 N–H and O–H groups in total. The van der Waals surface area contributed by atoms with Crippen molar-refractivity contribution in [3.05, 3.63) is 59.4 Å². The van der Waals surface area contributed by atoms with Crippen molar-refractivity contribution in [1.82, 2.24) is 4.98 Å². The van der Waals surface area contributed by atoms with Crippen molar-refractivity contribution in [3.63, 3.8) is 0 Å². The molecule has 0 saturated carbocycles. The van der Waals surface area contributed by atoms with E-state index < -0.39 is 0 Å². The Balaban J connectivity index is 1.68. The van der Waals surface area contributed by atoms with Gasteiger partial charge in [-0.1, -0.05) is 18.2 Å². The molecule has 2 heterocycles. The maximum Gasteiger partial charge on any atom is 0.184 e. The molecule has 1 aromatic carbocycles. The monoisotopic (exact) mass is 271 g/mol. The Kier molecular flexibility index (Phi) is 3.95. The lowest BCUT2D eigenvalue weighted by atomic mass is 10.2. The van der Waals surface area contributed by atoms with Gasteiger partial charge in [-0.2, -0.15) is 0 Å². The third-order valence-corrected chi connectivity index (χ3v) is 3.25. The summed E-state index contributed by atoms with van der Waals surface area (Å²) >= 11 is 0. The number of aromatic nitrogens is 1. The predicted molar refractivity (Wildman–Crippen MR) is 74.4 cm³/mol. The number of ether oxygens (including phenoxy) is 3. The van der Waals surface area contributed by atoms with E-state index in [2.05, 4.69) is 4.98 Å². The van der Waals surface area contributed by atoms with Gasteiger partial charge in [-0.05, 0) is 30.7 Å². The first-order chi connectivity index (χ1) is 9.83. The van der Waals surface area contributed by atoms with Crippen LogP contribution in [0.5, 0.6) is 5.75 Å². The summed E-state index contributed by atoms with van der Waals surface area (Å²) < 4.78 is 16.8. The lowest BCUT2D eigenvalue weighted by Gasteiger charge is -2.12. The zero-order valence-corrected chi connectivity index (χ0v) is 11.4. The summed E-state index contributed by atoms with van der Waals surface area (Å²) in [7, 11) is 0. The first kappa shape index (κ1) is 13.1. The number of aryl methyl sites for hydroxylation is 1. The van der Waals surface area contributed by atoms with Crippen LogP contribution in [0, 0.1) is 6.92 Å². The third kappa shape index (κ3) is 2.98. The molecule has 1 aliphatic rings. The van der Waals surface area contributed by atoms with Gasteiger partial charge in [-0.3, -0.25) is 4.98 Å². The van der Waals surface area contributed by atoms with E-state index >= 15 is 0 Å². The second-order valence-electron chi connectivity index (χ2n) is 4.70. The summed E-state index contributed by atoms with van der Waals surface area (Å²) in [6.45, 7) is 3.77. The normalized spacial score (nSPS) is 15.4. The molecule has 1 aromatic heterocycles. The molecular weight excluding hydrogens is 254 g/mol. The van der Waals surface area contributed by atoms with E-state index in [1.165, 1.54) is 0 Å². The molecule has 0 amide bonds. The molecule has 1 saturated heterocycles. The highest BCUT2D eigenvalue weighted by atomic mass is 16.7. The Hall–Kier alpha value is -1.91. The molecule has 2 aromatic rings. The average molecular weight is 271 g/mol. The zero-order valence-electron chi connectivity index (χ0n) is 11.4. The van der Waals surface area contributed by atoms with Gasteiger partial charge in [0.05, 0.1) is 18.9 Å². The van der Waals surface area contributed by atoms with Gasteiger partial charge in [-0.25, -0.2) is 0 Å². The van der Waals surface area contributed by atoms with Gasteiger partial charge in [0.1, 0.15) is 12.4 Å². The van der Waals surface area contributed by atoms with Gasteiger partial charge in [-0.15, -0.1) is 0 Å². The third-order valence-electron chi connectivity index (χ3n) is 3.25. The minimum Gasteiger partial charge on any atom is -0.487 e. The minimum absolute atomic E-state index is 0.268. The molecule has 20 heavy (non-hydrogen) atoms. The van der Waals surface area contributed by atoms with Crippen molar-refractivity contribution in [2.75, 3.05) is 13.2 Å². The molecule has 4 nitrogen and oxygen atoms in total. The lowest BCUT2D eigenvalue weighted by Crippen LogP contribution is -2.02. The quantitative estimate of drug-likeness (QED) is 0.857. The van der Waals surface area contributed by atoms with Crippen LogP contribution in [-0.2, 0) is 16.1 Å². The molecular formula is C16H17NO3. The molecule has 104 valence electrons. The fourth-order valence-electron chi connectivity index (χ4n) is 2.12. The largest absolute Gasteiger partial charge is 0.487 e. The molecule has 0 radical (unpaired) electrons. The van der Waals surface area contributed by atoms with Gasteiger partial charge in [0.15, 0.2) is 6.29 Å². The van der Waals surface area contributed by atoms with Crippen LogP contribution in [-0.4, -0.2) is 18.2 Å². The lowest BCUT2D eigenvalue weighted by molar-refractivity contribution is -0.0442. The fraction of sp³-hybridized carbons (Fsp3) is 0.312. The molecule has 0 aliphatic carbocycles. The Labute approximate surface area is 118 Å². The summed E-state index contributed by atoms with van der Waals surface area (Å²) in [5.74, 6) is 0.798. The van der Waals surface area contributed by atoms with Crippen molar-refractivity contribution in [2.45, 2.75) is 19.8 Å². The van der Waals surface area contributed by atoms with Crippen LogP contribution in [0.3, 0.4) is 0 Å². The molecule has 0 bridgehead atoms. The second-order valence-corrected chi connectivity index (χ2v) is 4.70. The standard InChI is InChI=1S/C16H17NO3/c1-12-4-3-7-17-15(12)11-20-14-6-2-5-13(10-14)16-18-8-9-19-16/h2-7,10,16H,8-9,11H2,1H3. The van der Waals surface area contributed by atoms with Crippen LogP contribution in [0.1, 0.15) is 23.1 Å². The predicted octanol–water partition coefficient (Wildman–Crippen LogP) is 3.01. The average Bonchev–Trinajstić information content (AvgIpc) is 3.01. The Morgan fingerprint density at radius 2 is 2.05 bits per heavy atom. The number of hydrogen-bond donors (Lipinski definition) is 0. The van der Waals surface area contributed by atoms with Gasteiger partial charge < -0.3 is 14.2 Å². The second kappa shape index (κ2) is 6.03. The maximum atomic E-state index is 5.80. The van der Waals surface area contributed by atoms with Crippen LogP contribution >= 0.6 is 0 Å². The Morgan fingerprint density at radius 3 is 2.85 bits per heavy atom. The van der Waals surface area contributed by atoms with Crippen molar-refractivity contribution in [1.29, 1.82) is 0 Å². The van der Waals surface area contributed by atoms with Crippen molar-refractivity contribution < 1.29 is 14.2 Å². The smallest absolute Gasteiger partial charge is 0.184 e. The zero-order chi connectivity index (χ0) is 13.8. The molecule has 0 unspecified atom stereocenters. The summed E-state index contributed by atoms with van der Waals surface area (Å²) in [4.78, 5) is 4.32. The molecule has 1 aliphatic heterocycles. The fourth-order valence-corrected chi connectivity index (χ4v) is 2.12. The topological polar surface area (TPSA) is 40.6 Å². The van der Waals surface area contributed by atoms with Gasteiger partial charge >= 0.3 is 0 Å². The highest BCUT2D eigenvalue weighted by molar-refractivity contribution is 5.30. The molecule has 0 spiro atoms. The van der Waals surface area contributed by atoms with Gasteiger partial charge in [0.25, 0.3) is 0 Å². The first-order valence-corrected chi connectivity index (χ1v) is 6.69. The first-order valence-electron chi connectivity index (χ1n) is 6.69. The van der Waals surface area contributed by atoms with E-state index in [0.717, 1.165) is 22.6 Å². The van der Waals surface area contributed by atoms with Crippen molar-refractivity contribution >= 4 is 0 Å². The number of nitrogens with zero attached hydrogens (tertiary/aromatic N) is 1.